The highest BCUT2D eigenvalue weighted by molar-refractivity contribution is 7.95. The summed E-state index contributed by atoms with van der Waals surface area (Å²) in [6, 6.07) is 32.8. The average Bonchev–Trinajstić information content (AvgIpc) is 3.51. The lowest BCUT2D eigenvalue weighted by Crippen LogP contribution is -3.00. The molecule has 0 N–H and O–H groups in total. The van der Waals surface area contributed by atoms with Crippen molar-refractivity contribution in [1.82, 2.24) is 19.1 Å². The Morgan fingerprint density at radius 2 is 1.00 bits per heavy atom. The van der Waals surface area contributed by atoms with E-state index in [9.17, 15) is 0 Å². The van der Waals surface area contributed by atoms with Crippen molar-refractivity contribution in [2.45, 2.75) is 12.0 Å². The van der Waals surface area contributed by atoms with Crippen LogP contribution in [0.3, 0.4) is 0 Å². The number of aromatic nitrogens is 4. The summed E-state index contributed by atoms with van der Waals surface area (Å²) in [6.07, 6.45) is 8.44. The summed E-state index contributed by atoms with van der Waals surface area (Å²) < 4.78 is 4.04. The van der Waals surface area contributed by atoms with Gasteiger partial charge < -0.3 is 21.5 Å². The zero-order valence-corrected chi connectivity index (χ0v) is 22.3. The van der Waals surface area contributed by atoms with Crippen LogP contribution in [-0.4, -0.2) is 19.1 Å². The van der Waals surface area contributed by atoms with Gasteiger partial charge in [-0.3, -0.25) is 0 Å². The molecule has 35 heavy (non-hydrogen) atoms. The normalized spacial score (nSPS) is 10.7. The lowest BCUT2D eigenvalue weighted by atomic mass is 10.4. The van der Waals surface area contributed by atoms with Gasteiger partial charge in [0.05, 0.1) is 5.88 Å². The van der Waals surface area contributed by atoms with Gasteiger partial charge in [0.1, 0.15) is 41.0 Å². The number of halogens is 2. The van der Waals surface area contributed by atoms with Gasteiger partial charge in [0.2, 0.25) is 0 Å². The fraction of sp³-hybridized carbons (Fsp3) is 0.143. The van der Waals surface area contributed by atoms with Gasteiger partial charge in [-0.15, -0.1) is 11.6 Å². The van der Waals surface area contributed by atoms with Crippen molar-refractivity contribution in [1.29, 1.82) is 0 Å². The molecule has 0 fully saturated rings. The van der Waals surface area contributed by atoms with E-state index in [4.69, 9.17) is 11.6 Å². The van der Waals surface area contributed by atoms with Crippen LogP contribution >= 0.6 is 18.9 Å². The van der Waals surface area contributed by atoms with E-state index in [1.54, 1.807) is 6.20 Å². The fourth-order valence-corrected chi connectivity index (χ4v) is 8.53. The molecule has 0 aliphatic carbocycles. The summed E-state index contributed by atoms with van der Waals surface area (Å²) in [5, 5.41) is 4.17. The van der Waals surface area contributed by atoms with Crippen LogP contribution in [0.1, 0.15) is 11.6 Å². The quantitative estimate of drug-likeness (QED) is 0.253. The summed E-state index contributed by atoms with van der Waals surface area (Å²) in [5.74, 6) is 2.52. The van der Waals surface area contributed by atoms with Gasteiger partial charge in [0.15, 0.2) is 0 Å². The van der Waals surface area contributed by atoms with Gasteiger partial charge in [0.25, 0.3) is 0 Å². The maximum Gasteiger partial charge on any atom is 0.147 e. The molecule has 0 amide bonds. The number of imidazole rings is 2. The average molecular weight is 523 g/mol. The number of alkyl halides is 1. The van der Waals surface area contributed by atoms with Gasteiger partial charge in [-0.05, 0) is 36.4 Å². The van der Waals surface area contributed by atoms with Gasteiger partial charge >= 0.3 is 0 Å². The van der Waals surface area contributed by atoms with Crippen LogP contribution < -0.4 is 28.3 Å². The minimum atomic E-state index is -1.85. The maximum atomic E-state index is 5.49. The second-order valence-corrected chi connectivity index (χ2v) is 11.8. The van der Waals surface area contributed by atoms with Crippen LogP contribution in [0, 0.1) is 0 Å². The molecule has 0 radical (unpaired) electrons. The molecule has 0 aliphatic rings. The summed E-state index contributed by atoms with van der Waals surface area (Å²) in [6.45, 7) is 0. The summed E-state index contributed by atoms with van der Waals surface area (Å²) in [4.78, 5) is 8.63. The van der Waals surface area contributed by atoms with Crippen LogP contribution in [0.15, 0.2) is 116 Å². The molecule has 0 saturated heterocycles. The van der Waals surface area contributed by atoms with E-state index in [2.05, 4.69) is 113 Å². The number of nitrogens with zero attached hydrogens (tertiary/aromatic N) is 4. The standard InChI is InChI=1S/C23H22N2P.C5H7ClN2.ClH/c1-25-18-17-24-23(25)19-26(20-11-5-2-6-12-20,21-13-7-3-8-14-21)22-15-9-4-10-16-22;1-8-3-2-7-5(8)4-6;/h2-18H,19H2,1H3;2-3H,4H2,1H3;1H/q+1;;/p-1. The van der Waals surface area contributed by atoms with E-state index in [0.717, 1.165) is 17.8 Å². The first-order chi connectivity index (χ1) is 16.6. The van der Waals surface area contributed by atoms with Crippen molar-refractivity contribution in [2.75, 3.05) is 0 Å². The zero-order valence-electron chi connectivity index (χ0n) is 19.9. The lowest BCUT2D eigenvalue weighted by molar-refractivity contribution is -0.00000699. The molecular weight excluding hydrogens is 494 g/mol. The SMILES string of the molecule is Cn1ccnc1CCl.Cn1ccnc1C[P+](c1ccccc1)(c1ccccc1)c1ccccc1.[Cl-]. The summed E-state index contributed by atoms with van der Waals surface area (Å²) in [5.41, 5.74) is 0. The fourth-order valence-electron chi connectivity index (χ4n) is 4.05. The Morgan fingerprint density at radius 1 is 0.629 bits per heavy atom. The highest BCUT2D eigenvalue weighted by atomic mass is 35.5. The molecule has 3 aromatic carbocycles. The Hall–Kier alpha value is -2.91. The van der Waals surface area contributed by atoms with E-state index >= 15 is 0 Å². The van der Waals surface area contributed by atoms with Crippen molar-refractivity contribution in [3.8, 4) is 0 Å². The van der Waals surface area contributed by atoms with Gasteiger partial charge in [-0.2, -0.15) is 0 Å². The third-order valence-electron chi connectivity index (χ3n) is 5.93. The first kappa shape index (κ1) is 26.7. The smallest absolute Gasteiger partial charge is 0.147 e. The Kier molecular flexibility index (Phi) is 9.68. The molecule has 180 valence electrons. The summed E-state index contributed by atoms with van der Waals surface area (Å²) >= 11 is 5.49. The summed E-state index contributed by atoms with van der Waals surface area (Å²) in [7, 11) is 2.15. The molecule has 7 heteroatoms. The molecule has 2 heterocycles. The maximum absolute atomic E-state index is 5.49. The molecule has 4 nitrogen and oxygen atoms in total. The molecule has 2 aromatic heterocycles. The second-order valence-electron chi connectivity index (χ2n) is 8.02. The van der Waals surface area contributed by atoms with Gasteiger partial charge in [0, 0.05) is 38.9 Å². The van der Waals surface area contributed by atoms with E-state index in [1.165, 1.54) is 15.9 Å². The monoisotopic (exact) mass is 522 g/mol. The Morgan fingerprint density at radius 3 is 1.29 bits per heavy atom. The predicted octanol–water partition coefficient (Wildman–Crippen LogP) is 2.08. The number of hydrogen-bond acceptors (Lipinski definition) is 2. The van der Waals surface area contributed by atoms with Crippen molar-refractivity contribution >= 4 is 34.8 Å². The molecule has 5 rings (SSSR count). The molecular formula is C28H29Cl2N4P. The minimum Gasteiger partial charge on any atom is -1.00 e. The van der Waals surface area contributed by atoms with Crippen molar-refractivity contribution in [3.63, 3.8) is 0 Å². The van der Waals surface area contributed by atoms with Crippen molar-refractivity contribution in [2.24, 2.45) is 14.1 Å². The first-order valence-corrected chi connectivity index (χ1v) is 13.7. The van der Waals surface area contributed by atoms with Crippen LogP contribution in [0.4, 0.5) is 0 Å². The Balaban J connectivity index is 0.000000325. The predicted molar refractivity (Wildman–Crippen MR) is 145 cm³/mol. The third kappa shape index (κ3) is 6.02. The number of hydrogen-bond donors (Lipinski definition) is 0. The molecule has 0 atom stereocenters. The molecule has 0 unspecified atom stereocenters. The van der Waals surface area contributed by atoms with Crippen LogP contribution in [-0.2, 0) is 26.1 Å². The number of benzene rings is 3. The van der Waals surface area contributed by atoms with Crippen LogP contribution in [0.2, 0.25) is 0 Å². The number of aryl methyl sites for hydroxylation is 2. The number of rotatable bonds is 6. The van der Waals surface area contributed by atoms with E-state index in [0.29, 0.717) is 5.88 Å². The van der Waals surface area contributed by atoms with E-state index in [1.807, 2.05) is 30.2 Å². The highest BCUT2D eigenvalue weighted by Gasteiger charge is 2.46. The van der Waals surface area contributed by atoms with Gasteiger partial charge in [-0.25, -0.2) is 9.97 Å². The van der Waals surface area contributed by atoms with Crippen molar-refractivity contribution < 1.29 is 12.4 Å². The molecule has 0 aliphatic heterocycles. The zero-order chi connectivity index (χ0) is 23.8. The topological polar surface area (TPSA) is 35.6 Å². The Labute approximate surface area is 219 Å². The Bertz CT molecular complexity index is 1190. The molecule has 5 aromatic rings. The molecule has 0 saturated carbocycles. The second kappa shape index (κ2) is 12.7. The molecule has 0 spiro atoms. The van der Waals surface area contributed by atoms with E-state index in [-0.39, 0.29) is 12.4 Å². The van der Waals surface area contributed by atoms with E-state index < -0.39 is 7.26 Å². The van der Waals surface area contributed by atoms with Crippen LogP contribution in [0.25, 0.3) is 0 Å². The highest BCUT2D eigenvalue weighted by Crippen LogP contribution is 2.57. The third-order valence-corrected chi connectivity index (χ3v) is 10.5. The lowest BCUT2D eigenvalue weighted by Gasteiger charge is -2.27. The van der Waals surface area contributed by atoms with Crippen LogP contribution in [0.5, 0.6) is 0 Å². The van der Waals surface area contributed by atoms with Gasteiger partial charge in [-0.1, -0.05) is 54.6 Å². The minimum absolute atomic E-state index is 0. The first-order valence-electron chi connectivity index (χ1n) is 11.2. The molecule has 0 bridgehead atoms. The largest absolute Gasteiger partial charge is 1.00 e. The van der Waals surface area contributed by atoms with Crippen molar-refractivity contribution in [3.05, 3.63) is 127 Å².